The fourth-order valence-corrected chi connectivity index (χ4v) is 7.10. The van der Waals surface area contributed by atoms with Crippen LogP contribution in [0, 0.1) is 0 Å². The molecule has 0 spiro atoms. The van der Waals surface area contributed by atoms with Crippen molar-refractivity contribution < 1.29 is 4.42 Å². The molecule has 0 atom stereocenters. The van der Waals surface area contributed by atoms with Crippen molar-refractivity contribution in [2.24, 2.45) is 0 Å². The van der Waals surface area contributed by atoms with Crippen LogP contribution < -0.4 is 0 Å². The first-order chi connectivity index (χ1) is 24.3. The van der Waals surface area contributed by atoms with Crippen LogP contribution in [0.3, 0.4) is 0 Å². The van der Waals surface area contributed by atoms with Gasteiger partial charge in [0.1, 0.15) is 11.2 Å². The number of para-hydroxylation sites is 1. The number of furan rings is 1. The highest BCUT2D eigenvalue weighted by atomic mass is 16.3. The molecular weight excluding hydrogens is 599 g/mol. The Balaban J connectivity index is 1.16. The fraction of sp³-hybridized carbons (Fsp3) is 0. The van der Waals surface area contributed by atoms with Gasteiger partial charge in [0, 0.05) is 32.8 Å². The van der Waals surface area contributed by atoms with Gasteiger partial charge in [0.25, 0.3) is 0 Å². The number of nitrogens with zero attached hydrogens (tertiary/aromatic N) is 3. The lowest BCUT2D eigenvalue weighted by atomic mass is 9.96. The van der Waals surface area contributed by atoms with E-state index in [-0.39, 0.29) is 0 Å². The van der Waals surface area contributed by atoms with Crippen LogP contribution in [0.15, 0.2) is 168 Å². The Labute approximate surface area is 282 Å². The van der Waals surface area contributed by atoms with Crippen molar-refractivity contribution in [3.8, 4) is 45.3 Å². The summed E-state index contributed by atoms with van der Waals surface area (Å²) in [5, 5.41) is 9.14. The van der Waals surface area contributed by atoms with E-state index in [1.165, 1.54) is 10.8 Å². The van der Waals surface area contributed by atoms with E-state index in [4.69, 9.17) is 19.4 Å². The summed E-state index contributed by atoms with van der Waals surface area (Å²) in [6.07, 6.45) is 0. The minimum absolute atomic E-state index is 0.628. The lowest BCUT2D eigenvalue weighted by Crippen LogP contribution is -2.01. The summed E-state index contributed by atoms with van der Waals surface area (Å²) in [5.74, 6) is 1.92. The zero-order valence-corrected chi connectivity index (χ0v) is 26.3. The van der Waals surface area contributed by atoms with Gasteiger partial charge >= 0.3 is 0 Å². The minimum atomic E-state index is 0.628. The summed E-state index contributed by atoms with van der Waals surface area (Å²) in [6, 6.07) is 56.9. The van der Waals surface area contributed by atoms with Crippen LogP contribution in [0.5, 0.6) is 0 Å². The molecule has 2 heterocycles. The SMILES string of the molecule is c1ccc(-c2nc(-c3cccc(-c4ccc5ccc6c7ccccc7oc6c5c4)c3)nc(-c3cc4ccccc4c4ccccc34)n2)cc1. The second kappa shape index (κ2) is 11.0. The number of benzene rings is 8. The third kappa shape index (κ3) is 4.57. The number of aromatic nitrogens is 3. The van der Waals surface area contributed by atoms with Crippen molar-refractivity contribution in [3.63, 3.8) is 0 Å². The molecule has 8 aromatic carbocycles. The summed E-state index contributed by atoms with van der Waals surface area (Å²) in [4.78, 5) is 15.3. The molecule has 0 aliphatic carbocycles. The van der Waals surface area contributed by atoms with Crippen LogP contribution in [0.1, 0.15) is 0 Å². The molecule has 4 nitrogen and oxygen atoms in total. The van der Waals surface area contributed by atoms with Crippen molar-refractivity contribution in [3.05, 3.63) is 164 Å². The maximum absolute atomic E-state index is 6.39. The predicted molar refractivity (Wildman–Crippen MR) is 201 cm³/mol. The zero-order valence-electron chi connectivity index (χ0n) is 26.3. The van der Waals surface area contributed by atoms with E-state index in [0.717, 1.165) is 71.3 Å². The maximum atomic E-state index is 6.39. The molecular formula is C45H27N3O. The molecule has 0 saturated carbocycles. The molecule has 0 radical (unpaired) electrons. The van der Waals surface area contributed by atoms with E-state index >= 15 is 0 Å². The molecule has 2 aromatic heterocycles. The molecule has 0 unspecified atom stereocenters. The molecule has 0 saturated heterocycles. The molecule has 0 fully saturated rings. The van der Waals surface area contributed by atoms with E-state index < -0.39 is 0 Å². The first-order valence-electron chi connectivity index (χ1n) is 16.4. The molecule has 0 amide bonds. The normalized spacial score (nSPS) is 11.7. The van der Waals surface area contributed by atoms with E-state index in [2.05, 4.69) is 121 Å². The van der Waals surface area contributed by atoms with Gasteiger partial charge in [-0.15, -0.1) is 0 Å². The molecule has 228 valence electrons. The van der Waals surface area contributed by atoms with Gasteiger partial charge in [-0.3, -0.25) is 0 Å². The Kier molecular flexibility index (Phi) is 6.15. The number of hydrogen-bond donors (Lipinski definition) is 0. The molecule has 49 heavy (non-hydrogen) atoms. The molecule has 0 aliphatic rings. The molecule has 0 aliphatic heterocycles. The summed E-state index contributed by atoms with van der Waals surface area (Å²) in [5.41, 5.74) is 6.83. The largest absolute Gasteiger partial charge is 0.455 e. The number of hydrogen-bond acceptors (Lipinski definition) is 4. The minimum Gasteiger partial charge on any atom is -0.455 e. The topological polar surface area (TPSA) is 51.8 Å². The van der Waals surface area contributed by atoms with E-state index in [0.29, 0.717) is 17.5 Å². The van der Waals surface area contributed by atoms with Crippen LogP contribution in [0.2, 0.25) is 0 Å². The van der Waals surface area contributed by atoms with Crippen molar-refractivity contribution in [1.29, 1.82) is 0 Å². The van der Waals surface area contributed by atoms with Gasteiger partial charge in [0.05, 0.1) is 0 Å². The Morgan fingerprint density at radius 3 is 1.84 bits per heavy atom. The van der Waals surface area contributed by atoms with Crippen LogP contribution in [0.25, 0.3) is 99.5 Å². The van der Waals surface area contributed by atoms with Crippen LogP contribution >= 0.6 is 0 Å². The van der Waals surface area contributed by atoms with Gasteiger partial charge in [-0.25, -0.2) is 15.0 Å². The van der Waals surface area contributed by atoms with Gasteiger partial charge < -0.3 is 4.42 Å². The Morgan fingerprint density at radius 2 is 0.959 bits per heavy atom. The molecule has 10 rings (SSSR count). The monoisotopic (exact) mass is 625 g/mol. The Bertz CT molecular complexity index is 2890. The zero-order chi connectivity index (χ0) is 32.3. The third-order valence-corrected chi connectivity index (χ3v) is 9.49. The first kappa shape index (κ1) is 27.5. The summed E-state index contributed by atoms with van der Waals surface area (Å²) in [7, 11) is 0. The third-order valence-electron chi connectivity index (χ3n) is 9.49. The quantitative estimate of drug-likeness (QED) is 0.183. The number of rotatable bonds is 4. The highest BCUT2D eigenvalue weighted by molar-refractivity contribution is 6.16. The average molecular weight is 626 g/mol. The summed E-state index contributed by atoms with van der Waals surface area (Å²) in [6.45, 7) is 0. The standard InChI is InChI=1S/C45H27N3O/c1-2-11-29(12-3-1)43-46-44(48-45(47-43)40-27-32-13-4-5-16-34(32)35-17-6-7-18-36(35)40)33-15-10-14-30(25-33)31-22-21-28-23-24-38-37-19-8-9-20-41(37)49-42(38)39(28)26-31/h1-27H. The van der Waals surface area contributed by atoms with Gasteiger partial charge in [0.2, 0.25) is 0 Å². The Hall–Kier alpha value is -6.65. The van der Waals surface area contributed by atoms with Crippen molar-refractivity contribution in [1.82, 2.24) is 15.0 Å². The molecule has 10 aromatic rings. The molecule has 4 heteroatoms. The smallest absolute Gasteiger partial charge is 0.164 e. The average Bonchev–Trinajstić information content (AvgIpc) is 3.57. The van der Waals surface area contributed by atoms with Crippen LogP contribution in [0.4, 0.5) is 0 Å². The van der Waals surface area contributed by atoms with Gasteiger partial charge in [-0.05, 0) is 68.4 Å². The summed E-state index contributed by atoms with van der Waals surface area (Å²) < 4.78 is 6.39. The van der Waals surface area contributed by atoms with E-state index in [1.54, 1.807) is 0 Å². The lowest BCUT2D eigenvalue weighted by molar-refractivity contribution is 0.672. The van der Waals surface area contributed by atoms with Gasteiger partial charge in [-0.2, -0.15) is 0 Å². The van der Waals surface area contributed by atoms with Crippen molar-refractivity contribution in [2.75, 3.05) is 0 Å². The highest BCUT2D eigenvalue weighted by Crippen LogP contribution is 2.38. The van der Waals surface area contributed by atoms with Gasteiger partial charge in [-0.1, -0.05) is 133 Å². The highest BCUT2D eigenvalue weighted by Gasteiger charge is 2.17. The van der Waals surface area contributed by atoms with E-state index in [1.807, 2.05) is 42.5 Å². The van der Waals surface area contributed by atoms with Crippen LogP contribution in [-0.2, 0) is 0 Å². The second-order valence-electron chi connectivity index (χ2n) is 12.4. The van der Waals surface area contributed by atoms with Gasteiger partial charge in [0.15, 0.2) is 17.5 Å². The van der Waals surface area contributed by atoms with Crippen molar-refractivity contribution >= 4 is 54.3 Å². The number of fused-ring (bicyclic) bond motifs is 8. The van der Waals surface area contributed by atoms with Crippen molar-refractivity contribution in [2.45, 2.75) is 0 Å². The molecule has 0 bridgehead atoms. The fourth-order valence-electron chi connectivity index (χ4n) is 7.10. The van der Waals surface area contributed by atoms with E-state index in [9.17, 15) is 0 Å². The maximum Gasteiger partial charge on any atom is 0.164 e. The second-order valence-corrected chi connectivity index (χ2v) is 12.4. The van der Waals surface area contributed by atoms with Crippen LogP contribution in [-0.4, -0.2) is 15.0 Å². The lowest BCUT2D eigenvalue weighted by Gasteiger charge is -2.13. The summed E-state index contributed by atoms with van der Waals surface area (Å²) >= 11 is 0. The molecule has 0 N–H and O–H groups in total. The predicted octanol–water partition coefficient (Wildman–Crippen LogP) is 11.9. The first-order valence-corrected chi connectivity index (χ1v) is 16.4. The Morgan fingerprint density at radius 1 is 0.327 bits per heavy atom.